The lowest BCUT2D eigenvalue weighted by Crippen LogP contribution is -2.29. The number of methoxy groups -OCH3 is 1. The number of esters is 1. The minimum atomic E-state index is -3.95. The molecule has 0 fully saturated rings. The van der Waals surface area contributed by atoms with Crippen LogP contribution in [0.25, 0.3) is 21.9 Å². The van der Waals surface area contributed by atoms with Crippen LogP contribution in [-0.4, -0.2) is 37.2 Å². The van der Waals surface area contributed by atoms with Crippen molar-refractivity contribution >= 4 is 37.7 Å². The molecule has 0 radical (unpaired) electrons. The Morgan fingerprint density at radius 1 is 1.00 bits per heavy atom. The number of aromatic amines is 1. The Morgan fingerprint density at radius 2 is 1.69 bits per heavy atom. The third kappa shape index (κ3) is 3.42. The monoisotopic (exact) mass is 505 g/mol. The second-order valence-electron chi connectivity index (χ2n) is 8.22. The summed E-state index contributed by atoms with van der Waals surface area (Å²) in [6, 6.07) is 19.8. The topological polar surface area (TPSA) is 128 Å². The average Bonchev–Trinajstić information content (AvgIpc) is 3.61. The summed E-state index contributed by atoms with van der Waals surface area (Å²) in [5.74, 6) is -0.143. The van der Waals surface area contributed by atoms with Crippen molar-refractivity contribution in [3.63, 3.8) is 0 Å². The van der Waals surface area contributed by atoms with E-state index in [0.29, 0.717) is 16.5 Å². The van der Waals surface area contributed by atoms with Gasteiger partial charge in [-0.2, -0.15) is 0 Å². The van der Waals surface area contributed by atoms with Crippen LogP contribution in [0.3, 0.4) is 0 Å². The largest absolute Gasteiger partial charge is 0.465 e. The number of ether oxygens (including phenoxy) is 3. The second kappa shape index (κ2) is 8.14. The van der Waals surface area contributed by atoms with E-state index in [0.717, 1.165) is 5.39 Å². The fourth-order valence-electron chi connectivity index (χ4n) is 4.29. The Bertz CT molecular complexity index is 1700. The van der Waals surface area contributed by atoms with Gasteiger partial charge in [-0.25, -0.2) is 13.2 Å². The van der Waals surface area contributed by atoms with Gasteiger partial charge in [0.15, 0.2) is 17.6 Å². The molecule has 0 bridgehead atoms. The second-order valence-corrected chi connectivity index (χ2v) is 10.2. The Hall–Kier alpha value is -4.28. The van der Waals surface area contributed by atoms with Crippen molar-refractivity contribution in [3.8, 4) is 11.5 Å². The van der Waals surface area contributed by atoms with Crippen molar-refractivity contribution in [1.82, 2.24) is 4.98 Å². The lowest BCUT2D eigenvalue weighted by Gasteiger charge is -2.11. The van der Waals surface area contributed by atoms with Crippen molar-refractivity contribution < 1.29 is 36.9 Å². The minimum Gasteiger partial charge on any atom is -0.465 e. The van der Waals surface area contributed by atoms with Gasteiger partial charge in [0.2, 0.25) is 0 Å². The van der Waals surface area contributed by atoms with Crippen LogP contribution < -0.4 is 9.47 Å². The number of carbonyl (C=O) groups is 1. The number of rotatable bonds is 5. The molecule has 9 nitrogen and oxygen atoms in total. The Labute approximate surface area is 204 Å². The average molecular weight is 506 g/mol. The summed E-state index contributed by atoms with van der Waals surface area (Å²) >= 11 is 0. The molecule has 5 aromatic rings. The Balaban J connectivity index is 1.42. The highest BCUT2D eigenvalue weighted by Gasteiger charge is 2.38. The summed E-state index contributed by atoms with van der Waals surface area (Å²) in [7, 11) is -2.72. The fraction of sp³-hybridized carbons (Fsp3) is 0.115. The highest BCUT2D eigenvalue weighted by molar-refractivity contribution is 7.91. The first kappa shape index (κ1) is 22.2. The van der Waals surface area contributed by atoms with E-state index in [4.69, 9.17) is 18.6 Å². The van der Waals surface area contributed by atoms with Crippen LogP contribution in [0.1, 0.15) is 27.9 Å². The first-order chi connectivity index (χ1) is 17.4. The summed E-state index contributed by atoms with van der Waals surface area (Å²) in [5.41, 5.74) is -0.341. The van der Waals surface area contributed by atoms with Gasteiger partial charge in [0.1, 0.15) is 11.3 Å². The van der Waals surface area contributed by atoms with E-state index in [1.165, 1.54) is 31.4 Å². The summed E-state index contributed by atoms with van der Waals surface area (Å²) in [5, 5.41) is 12.3. The van der Waals surface area contributed by atoms with Gasteiger partial charge in [0.05, 0.1) is 28.8 Å². The first-order valence-corrected chi connectivity index (χ1v) is 12.5. The molecule has 6 rings (SSSR count). The fourth-order valence-corrected chi connectivity index (χ4v) is 5.51. The molecule has 2 N–H and O–H groups in total. The Morgan fingerprint density at radius 3 is 2.42 bits per heavy atom. The smallest absolute Gasteiger partial charge is 0.350 e. The maximum Gasteiger partial charge on any atom is 0.350 e. The molecule has 0 saturated carbocycles. The molecule has 3 aromatic carbocycles. The number of benzene rings is 3. The molecule has 1 aliphatic rings. The quantitative estimate of drug-likeness (QED) is 0.338. The lowest BCUT2D eigenvalue weighted by atomic mass is 10.1. The zero-order valence-corrected chi connectivity index (χ0v) is 19.6. The number of aromatic nitrogens is 1. The zero-order chi connectivity index (χ0) is 25.0. The van der Waals surface area contributed by atoms with Gasteiger partial charge in [-0.05, 0) is 30.3 Å². The standard InChI is InChI=1S/C26H19NO8S/c1-32-25(29)22-16-12-19-20(35-26(34-19)36(30,31)15-8-3-2-4-9-15)13-17(16)27-23(22)24(28)21-11-14-7-5-6-10-18(14)33-21/h2-13,24,26-28H,1H3. The number of H-pyrrole nitrogens is 1. The van der Waals surface area contributed by atoms with Crippen molar-refractivity contribution in [2.75, 3.05) is 7.11 Å². The molecule has 36 heavy (non-hydrogen) atoms. The van der Waals surface area contributed by atoms with Crippen molar-refractivity contribution in [2.45, 2.75) is 16.6 Å². The van der Waals surface area contributed by atoms with E-state index >= 15 is 0 Å². The molecule has 0 aliphatic carbocycles. The van der Waals surface area contributed by atoms with Gasteiger partial charge in [-0.3, -0.25) is 0 Å². The maximum absolute atomic E-state index is 13.0. The number of sulfone groups is 1. The summed E-state index contributed by atoms with van der Waals surface area (Å²) in [6.07, 6.45) is -1.30. The van der Waals surface area contributed by atoms with Crippen LogP contribution >= 0.6 is 0 Å². The van der Waals surface area contributed by atoms with Crippen LogP contribution in [0.5, 0.6) is 11.5 Å². The van der Waals surface area contributed by atoms with Gasteiger partial charge in [0, 0.05) is 16.8 Å². The zero-order valence-electron chi connectivity index (χ0n) is 18.8. The molecule has 10 heteroatoms. The van der Waals surface area contributed by atoms with E-state index in [9.17, 15) is 18.3 Å². The number of carbonyl (C=O) groups excluding carboxylic acids is 1. The highest BCUT2D eigenvalue weighted by Crippen LogP contribution is 2.43. The molecule has 0 saturated heterocycles. The SMILES string of the molecule is COC(=O)c1c(C(O)c2cc3ccccc3o2)[nH]c2cc3c(cc12)OC(S(=O)(=O)c1ccccc1)O3. The summed E-state index contributed by atoms with van der Waals surface area (Å²) in [4.78, 5) is 15.9. The van der Waals surface area contributed by atoms with E-state index in [1.54, 1.807) is 30.3 Å². The molecule has 3 heterocycles. The molecular weight excluding hydrogens is 486 g/mol. The molecule has 0 spiro atoms. The summed E-state index contributed by atoms with van der Waals surface area (Å²) < 4.78 is 47.9. The van der Waals surface area contributed by atoms with Crippen LogP contribution in [0.2, 0.25) is 0 Å². The van der Waals surface area contributed by atoms with Gasteiger partial charge >= 0.3 is 11.6 Å². The van der Waals surface area contributed by atoms with Crippen LogP contribution in [-0.2, 0) is 14.6 Å². The number of hydrogen-bond acceptors (Lipinski definition) is 8. The number of aliphatic hydroxyl groups excluding tert-OH is 1. The highest BCUT2D eigenvalue weighted by atomic mass is 32.2. The summed E-state index contributed by atoms with van der Waals surface area (Å²) in [6.45, 7) is 0. The number of nitrogens with one attached hydrogen (secondary N) is 1. The minimum absolute atomic E-state index is 0.0554. The van der Waals surface area contributed by atoms with Gasteiger partial charge in [0.25, 0.3) is 9.84 Å². The molecule has 2 atom stereocenters. The molecule has 0 amide bonds. The van der Waals surface area contributed by atoms with Crippen molar-refractivity contribution in [2.24, 2.45) is 0 Å². The predicted molar refractivity (Wildman–Crippen MR) is 129 cm³/mol. The number of para-hydroxylation sites is 1. The molecule has 1 aliphatic heterocycles. The molecular formula is C26H19NO8S. The third-order valence-electron chi connectivity index (χ3n) is 6.04. The number of furan rings is 1. The molecule has 2 unspecified atom stereocenters. The third-order valence-corrected chi connectivity index (χ3v) is 7.67. The van der Waals surface area contributed by atoms with E-state index in [-0.39, 0.29) is 33.4 Å². The number of fused-ring (bicyclic) bond motifs is 3. The van der Waals surface area contributed by atoms with E-state index < -0.39 is 27.5 Å². The number of aliphatic hydroxyl groups is 1. The maximum atomic E-state index is 13.0. The lowest BCUT2D eigenvalue weighted by molar-refractivity contribution is 0.0596. The van der Waals surface area contributed by atoms with Crippen LogP contribution in [0.15, 0.2) is 82.1 Å². The van der Waals surface area contributed by atoms with Crippen LogP contribution in [0.4, 0.5) is 0 Å². The molecule has 182 valence electrons. The van der Waals surface area contributed by atoms with Gasteiger partial charge in [-0.15, -0.1) is 0 Å². The normalized spacial score (nSPS) is 15.9. The first-order valence-electron chi connectivity index (χ1n) is 10.9. The molecule has 2 aromatic heterocycles. The van der Waals surface area contributed by atoms with Crippen molar-refractivity contribution in [1.29, 1.82) is 0 Å². The predicted octanol–water partition coefficient (Wildman–Crippen LogP) is 4.31. The van der Waals surface area contributed by atoms with Crippen molar-refractivity contribution in [3.05, 3.63) is 89.8 Å². The van der Waals surface area contributed by atoms with E-state index in [1.807, 2.05) is 18.2 Å². The van der Waals surface area contributed by atoms with E-state index in [2.05, 4.69) is 4.98 Å². The van der Waals surface area contributed by atoms with Gasteiger partial charge < -0.3 is 28.7 Å². The van der Waals surface area contributed by atoms with Crippen LogP contribution in [0, 0.1) is 0 Å². The number of hydrogen-bond donors (Lipinski definition) is 2. The Kier molecular flexibility index (Phi) is 5.02. The van der Waals surface area contributed by atoms with Gasteiger partial charge in [-0.1, -0.05) is 36.4 Å².